The minimum atomic E-state index is -3.77. The summed E-state index contributed by atoms with van der Waals surface area (Å²) in [4.78, 5) is 12.5. The summed E-state index contributed by atoms with van der Waals surface area (Å²) < 4.78 is 28.0. The van der Waals surface area contributed by atoms with Crippen molar-refractivity contribution in [3.05, 3.63) is 48.0 Å². The molecule has 152 valence electrons. The number of ether oxygens (including phenoxy) is 1. The lowest BCUT2D eigenvalue weighted by atomic mass is 9.86. The smallest absolute Gasteiger partial charge is 0.246 e. The van der Waals surface area contributed by atoms with Crippen LogP contribution in [-0.2, 0) is 20.2 Å². The Bertz CT molecular complexity index is 948. The molecule has 0 saturated carbocycles. The van der Waals surface area contributed by atoms with Gasteiger partial charge in [0, 0.05) is 5.69 Å². The number of hydrogen-bond donors (Lipinski definition) is 3. The van der Waals surface area contributed by atoms with Gasteiger partial charge in [-0.2, -0.15) is 0 Å². The second kappa shape index (κ2) is 8.20. The van der Waals surface area contributed by atoms with Crippen LogP contribution < -0.4 is 20.5 Å². The predicted molar refractivity (Wildman–Crippen MR) is 111 cm³/mol. The SMILES string of the molecule is COc1ccc(C(C)(C)C)cc1N[C@@H](C)C(=O)Nc1ccc(S(N)(=O)=O)cc1. The van der Waals surface area contributed by atoms with Gasteiger partial charge >= 0.3 is 0 Å². The molecule has 0 spiro atoms. The molecule has 2 rings (SSSR count). The number of hydrogen-bond acceptors (Lipinski definition) is 5. The molecule has 28 heavy (non-hydrogen) atoms. The summed E-state index contributed by atoms with van der Waals surface area (Å²) in [5.74, 6) is 0.372. The minimum absolute atomic E-state index is 0.0135. The Morgan fingerprint density at radius 1 is 1.11 bits per heavy atom. The molecule has 7 nitrogen and oxygen atoms in total. The van der Waals surface area contributed by atoms with Gasteiger partial charge in [0.2, 0.25) is 15.9 Å². The minimum Gasteiger partial charge on any atom is -0.495 e. The third-order valence-electron chi connectivity index (χ3n) is 4.28. The quantitative estimate of drug-likeness (QED) is 0.684. The van der Waals surface area contributed by atoms with E-state index >= 15 is 0 Å². The maximum Gasteiger partial charge on any atom is 0.246 e. The first-order chi connectivity index (χ1) is 12.9. The molecule has 1 amide bonds. The van der Waals surface area contributed by atoms with Crippen molar-refractivity contribution in [3.63, 3.8) is 0 Å². The largest absolute Gasteiger partial charge is 0.495 e. The summed E-state index contributed by atoms with van der Waals surface area (Å²) in [7, 11) is -2.19. The fourth-order valence-electron chi connectivity index (χ4n) is 2.56. The number of anilines is 2. The molecule has 0 saturated heterocycles. The molecule has 0 fully saturated rings. The van der Waals surface area contributed by atoms with Gasteiger partial charge in [0.15, 0.2) is 0 Å². The number of methoxy groups -OCH3 is 1. The molecule has 0 aliphatic carbocycles. The van der Waals surface area contributed by atoms with Gasteiger partial charge in [0.1, 0.15) is 11.8 Å². The van der Waals surface area contributed by atoms with E-state index in [0.29, 0.717) is 11.4 Å². The van der Waals surface area contributed by atoms with Crippen LogP contribution in [0.5, 0.6) is 5.75 Å². The lowest BCUT2D eigenvalue weighted by molar-refractivity contribution is -0.116. The van der Waals surface area contributed by atoms with E-state index in [1.165, 1.54) is 24.3 Å². The molecular weight excluding hydrogens is 378 g/mol. The second-order valence-corrected chi connectivity index (χ2v) is 9.15. The summed E-state index contributed by atoms with van der Waals surface area (Å²) in [6.45, 7) is 8.07. The topological polar surface area (TPSA) is 111 Å². The van der Waals surface area contributed by atoms with E-state index in [4.69, 9.17) is 9.88 Å². The van der Waals surface area contributed by atoms with Crippen molar-refractivity contribution in [1.82, 2.24) is 0 Å². The molecule has 1 atom stereocenters. The summed E-state index contributed by atoms with van der Waals surface area (Å²) in [6, 6.07) is 11.0. The van der Waals surface area contributed by atoms with Gasteiger partial charge in [-0.05, 0) is 54.3 Å². The Kier molecular flexibility index (Phi) is 6.36. The molecule has 0 radical (unpaired) electrons. The Morgan fingerprint density at radius 2 is 1.71 bits per heavy atom. The average molecular weight is 406 g/mol. The van der Waals surface area contributed by atoms with Gasteiger partial charge in [-0.15, -0.1) is 0 Å². The monoisotopic (exact) mass is 405 g/mol. The number of rotatable bonds is 6. The Labute approximate surface area is 166 Å². The molecule has 8 heteroatoms. The normalized spacial score (nSPS) is 12.9. The van der Waals surface area contributed by atoms with Crippen molar-refractivity contribution >= 4 is 27.3 Å². The third-order valence-corrected chi connectivity index (χ3v) is 5.21. The van der Waals surface area contributed by atoms with Crippen molar-refractivity contribution < 1.29 is 17.9 Å². The van der Waals surface area contributed by atoms with Gasteiger partial charge in [-0.3, -0.25) is 4.79 Å². The van der Waals surface area contributed by atoms with Crippen molar-refractivity contribution in [2.45, 2.75) is 44.0 Å². The molecule has 0 aliphatic heterocycles. The number of sulfonamides is 1. The first kappa shape index (κ1) is 21.7. The molecule has 0 bridgehead atoms. The Morgan fingerprint density at radius 3 is 2.21 bits per heavy atom. The first-order valence-corrected chi connectivity index (χ1v) is 10.4. The number of carbonyl (C=O) groups is 1. The van der Waals surface area contributed by atoms with Crippen LogP contribution in [0.2, 0.25) is 0 Å². The lowest BCUT2D eigenvalue weighted by Crippen LogP contribution is -2.32. The Hall–Kier alpha value is -2.58. The van der Waals surface area contributed by atoms with E-state index in [1.54, 1.807) is 14.0 Å². The van der Waals surface area contributed by atoms with Gasteiger partial charge in [0.25, 0.3) is 0 Å². The summed E-state index contributed by atoms with van der Waals surface area (Å²) in [6.07, 6.45) is 0. The maximum atomic E-state index is 12.5. The molecule has 0 aliphatic rings. The summed E-state index contributed by atoms with van der Waals surface area (Å²) in [5, 5.41) is 11.0. The molecule has 2 aromatic rings. The number of amides is 1. The highest BCUT2D eigenvalue weighted by Crippen LogP contribution is 2.31. The van der Waals surface area contributed by atoms with Crippen LogP contribution in [0.1, 0.15) is 33.3 Å². The fourth-order valence-corrected chi connectivity index (χ4v) is 3.08. The molecule has 0 aromatic heterocycles. The van der Waals surface area contributed by atoms with Gasteiger partial charge in [-0.1, -0.05) is 26.8 Å². The molecule has 2 aromatic carbocycles. The van der Waals surface area contributed by atoms with E-state index in [9.17, 15) is 13.2 Å². The van der Waals surface area contributed by atoms with Crippen LogP contribution in [0.15, 0.2) is 47.4 Å². The summed E-state index contributed by atoms with van der Waals surface area (Å²) >= 11 is 0. The predicted octanol–water partition coefficient (Wildman–Crippen LogP) is 3.08. The number of benzene rings is 2. The average Bonchev–Trinajstić information content (AvgIpc) is 2.60. The molecule has 0 unspecified atom stereocenters. The van der Waals surface area contributed by atoms with Crippen LogP contribution in [-0.4, -0.2) is 27.5 Å². The van der Waals surface area contributed by atoms with Crippen molar-refractivity contribution in [2.24, 2.45) is 5.14 Å². The maximum absolute atomic E-state index is 12.5. The van der Waals surface area contributed by atoms with Crippen LogP contribution in [0, 0.1) is 0 Å². The highest BCUT2D eigenvalue weighted by molar-refractivity contribution is 7.89. The van der Waals surface area contributed by atoms with Crippen LogP contribution in [0.3, 0.4) is 0 Å². The van der Waals surface area contributed by atoms with Crippen molar-refractivity contribution in [1.29, 1.82) is 0 Å². The van der Waals surface area contributed by atoms with Crippen LogP contribution >= 0.6 is 0 Å². The van der Waals surface area contributed by atoms with E-state index < -0.39 is 16.1 Å². The van der Waals surface area contributed by atoms with Crippen molar-refractivity contribution in [3.8, 4) is 5.75 Å². The van der Waals surface area contributed by atoms with E-state index in [1.807, 2.05) is 18.2 Å². The number of nitrogens with two attached hydrogens (primary N) is 1. The zero-order chi connectivity index (χ0) is 21.1. The van der Waals surface area contributed by atoms with Gasteiger partial charge < -0.3 is 15.4 Å². The van der Waals surface area contributed by atoms with E-state index in [0.717, 1.165) is 11.3 Å². The second-order valence-electron chi connectivity index (χ2n) is 7.59. The number of nitrogens with one attached hydrogen (secondary N) is 2. The number of carbonyl (C=O) groups excluding carboxylic acids is 1. The van der Waals surface area contributed by atoms with E-state index in [2.05, 4.69) is 31.4 Å². The van der Waals surface area contributed by atoms with Gasteiger partial charge in [0.05, 0.1) is 17.7 Å². The van der Waals surface area contributed by atoms with Crippen LogP contribution in [0.4, 0.5) is 11.4 Å². The standard InChI is InChI=1S/C20H27N3O4S/c1-13(19(24)23-15-7-9-16(10-8-15)28(21,25)26)22-17-12-14(20(2,3)4)6-11-18(17)27-5/h6-13,22H,1-5H3,(H,23,24)(H2,21,25,26)/t13-/m0/s1. The number of primary sulfonamides is 1. The molecule has 0 heterocycles. The van der Waals surface area contributed by atoms with Crippen molar-refractivity contribution in [2.75, 3.05) is 17.7 Å². The zero-order valence-electron chi connectivity index (χ0n) is 16.7. The van der Waals surface area contributed by atoms with E-state index in [-0.39, 0.29) is 16.2 Å². The molecular formula is C20H27N3O4S. The molecule has 4 N–H and O–H groups in total. The lowest BCUT2D eigenvalue weighted by Gasteiger charge is -2.23. The zero-order valence-corrected chi connectivity index (χ0v) is 17.6. The Balaban J connectivity index is 2.14. The fraction of sp³-hybridized carbons (Fsp3) is 0.350. The first-order valence-electron chi connectivity index (χ1n) is 8.80. The summed E-state index contributed by atoms with van der Waals surface area (Å²) in [5.41, 5.74) is 2.27. The van der Waals surface area contributed by atoms with Crippen LogP contribution in [0.25, 0.3) is 0 Å². The highest BCUT2D eigenvalue weighted by atomic mass is 32.2. The highest BCUT2D eigenvalue weighted by Gasteiger charge is 2.19. The van der Waals surface area contributed by atoms with Gasteiger partial charge in [-0.25, -0.2) is 13.6 Å². The third kappa shape index (κ3) is 5.46.